The van der Waals surface area contributed by atoms with Crippen LogP contribution in [0.3, 0.4) is 0 Å². The summed E-state index contributed by atoms with van der Waals surface area (Å²) in [4.78, 5) is 13.6. The summed E-state index contributed by atoms with van der Waals surface area (Å²) in [6, 6.07) is 13.9. The van der Waals surface area contributed by atoms with Gasteiger partial charge >= 0.3 is 0 Å². The number of nitrogens with one attached hydrogen (secondary N) is 1. The number of carbonyl (C=O) groups excluding carboxylic acids is 1. The van der Waals surface area contributed by atoms with E-state index in [2.05, 4.69) is 32.2 Å². The number of rotatable bonds is 7. The van der Waals surface area contributed by atoms with Gasteiger partial charge < -0.3 is 10.1 Å². The molecule has 1 saturated heterocycles. The summed E-state index contributed by atoms with van der Waals surface area (Å²) in [5.74, 6) is 1.54. The second-order valence-corrected chi connectivity index (χ2v) is 8.68. The molecule has 3 rings (SSSR count). The van der Waals surface area contributed by atoms with Gasteiger partial charge in [-0.2, -0.15) is 0 Å². The van der Waals surface area contributed by atoms with E-state index >= 15 is 0 Å². The van der Waals surface area contributed by atoms with Gasteiger partial charge in [0.1, 0.15) is 12.4 Å². The van der Waals surface area contributed by atoms with Crippen LogP contribution < -0.4 is 10.1 Å². The summed E-state index contributed by atoms with van der Waals surface area (Å²) in [6.07, 6.45) is 2.21. The first-order valence-electron chi connectivity index (χ1n) is 9.62. The molecule has 0 aromatic heterocycles. The number of likely N-dealkylation sites (tertiary alicyclic amines) is 1. The van der Waals surface area contributed by atoms with Gasteiger partial charge in [0.25, 0.3) is 0 Å². The SMILES string of the molecule is CC(=O)NCC1CCN(Cc2cc(Br)ccc2OCc2ccc(Cl)cc2)CC1. The molecule has 150 valence electrons. The Morgan fingerprint density at radius 2 is 1.93 bits per heavy atom. The van der Waals surface area contributed by atoms with Gasteiger partial charge in [0.05, 0.1) is 0 Å². The molecule has 2 aromatic rings. The van der Waals surface area contributed by atoms with E-state index in [0.717, 1.165) is 59.8 Å². The molecule has 1 aliphatic rings. The number of nitrogens with zero attached hydrogens (tertiary/aromatic N) is 1. The van der Waals surface area contributed by atoms with Crippen LogP contribution in [-0.2, 0) is 17.9 Å². The summed E-state index contributed by atoms with van der Waals surface area (Å²) in [7, 11) is 0. The number of carbonyl (C=O) groups is 1. The van der Waals surface area contributed by atoms with E-state index < -0.39 is 0 Å². The average molecular weight is 466 g/mol. The lowest BCUT2D eigenvalue weighted by molar-refractivity contribution is -0.119. The van der Waals surface area contributed by atoms with Crippen LogP contribution in [0, 0.1) is 5.92 Å². The van der Waals surface area contributed by atoms with Crippen molar-refractivity contribution in [1.29, 1.82) is 0 Å². The monoisotopic (exact) mass is 464 g/mol. The zero-order valence-electron chi connectivity index (χ0n) is 16.1. The van der Waals surface area contributed by atoms with Crippen molar-refractivity contribution in [3.8, 4) is 5.75 Å². The molecule has 4 nitrogen and oxygen atoms in total. The highest BCUT2D eigenvalue weighted by atomic mass is 79.9. The first-order chi connectivity index (χ1) is 13.5. The average Bonchev–Trinajstić information content (AvgIpc) is 2.68. The molecule has 28 heavy (non-hydrogen) atoms. The van der Waals surface area contributed by atoms with Crippen molar-refractivity contribution in [3.05, 3.63) is 63.1 Å². The number of amides is 1. The Balaban J connectivity index is 1.57. The Morgan fingerprint density at radius 3 is 2.61 bits per heavy atom. The maximum absolute atomic E-state index is 11.1. The second kappa shape index (κ2) is 10.3. The predicted molar refractivity (Wildman–Crippen MR) is 117 cm³/mol. The molecule has 1 amide bonds. The van der Waals surface area contributed by atoms with Crippen molar-refractivity contribution < 1.29 is 9.53 Å². The van der Waals surface area contributed by atoms with Gasteiger partial charge in [0, 0.05) is 35.1 Å². The van der Waals surface area contributed by atoms with Gasteiger partial charge in [-0.25, -0.2) is 0 Å². The summed E-state index contributed by atoms with van der Waals surface area (Å²) < 4.78 is 7.16. The lowest BCUT2D eigenvalue weighted by Crippen LogP contribution is -2.37. The minimum atomic E-state index is 0.0547. The van der Waals surface area contributed by atoms with E-state index in [1.807, 2.05) is 36.4 Å². The first kappa shape index (κ1) is 21.2. The Labute approximate surface area is 180 Å². The smallest absolute Gasteiger partial charge is 0.216 e. The Bertz CT molecular complexity index is 790. The van der Waals surface area contributed by atoms with Crippen molar-refractivity contribution >= 4 is 33.4 Å². The van der Waals surface area contributed by atoms with Crippen LogP contribution in [0.1, 0.15) is 30.9 Å². The molecule has 1 heterocycles. The highest BCUT2D eigenvalue weighted by Gasteiger charge is 2.20. The summed E-state index contributed by atoms with van der Waals surface area (Å²) in [6.45, 7) is 5.82. The lowest BCUT2D eigenvalue weighted by Gasteiger charge is -2.32. The lowest BCUT2D eigenvalue weighted by atomic mass is 9.96. The third-order valence-corrected chi connectivity index (χ3v) is 5.82. The van der Waals surface area contributed by atoms with Crippen LogP contribution in [-0.4, -0.2) is 30.4 Å². The number of hydrogen-bond acceptors (Lipinski definition) is 3. The molecule has 0 aliphatic carbocycles. The third-order valence-electron chi connectivity index (χ3n) is 5.07. The van der Waals surface area contributed by atoms with Crippen LogP contribution >= 0.6 is 27.5 Å². The number of ether oxygens (including phenoxy) is 1. The molecule has 2 aromatic carbocycles. The molecule has 0 unspecified atom stereocenters. The second-order valence-electron chi connectivity index (χ2n) is 7.32. The zero-order chi connectivity index (χ0) is 19.9. The van der Waals surface area contributed by atoms with Crippen molar-refractivity contribution in [2.24, 2.45) is 5.92 Å². The Kier molecular flexibility index (Phi) is 7.77. The van der Waals surface area contributed by atoms with Crippen LogP contribution in [0.2, 0.25) is 5.02 Å². The minimum Gasteiger partial charge on any atom is -0.489 e. The molecular formula is C22H26BrClN2O2. The van der Waals surface area contributed by atoms with Crippen LogP contribution in [0.5, 0.6) is 5.75 Å². The normalized spacial score (nSPS) is 15.4. The fourth-order valence-corrected chi connectivity index (χ4v) is 3.97. The predicted octanol–water partition coefficient (Wildman–Crippen LogP) is 5.03. The van der Waals surface area contributed by atoms with Crippen molar-refractivity contribution in [2.45, 2.75) is 32.9 Å². The quantitative estimate of drug-likeness (QED) is 0.623. The summed E-state index contributed by atoms with van der Waals surface area (Å²) in [5, 5.41) is 3.67. The maximum atomic E-state index is 11.1. The molecule has 0 bridgehead atoms. The van der Waals surface area contributed by atoms with E-state index in [1.54, 1.807) is 6.92 Å². The molecule has 0 radical (unpaired) electrons. The summed E-state index contributed by atoms with van der Waals surface area (Å²) >= 11 is 9.53. The van der Waals surface area contributed by atoms with Gasteiger partial charge in [-0.1, -0.05) is 39.7 Å². The zero-order valence-corrected chi connectivity index (χ0v) is 18.4. The molecule has 0 spiro atoms. The minimum absolute atomic E-state index is 0.0547. The number of halogens is 2. The fraction of sp³-hybridized carbons (Fsp3) is 0.409. The van der Waals surface area contributed by atoms with Crippen LogP contribution in [0.25, 0.3) is 0 Å². The molecule has 1 N–H and O–H groups in total. The molecule has 0 saturated carbocycles. The maximum Gasteiger partial charge on any atom is 0.216 e. The molecule has 0 atom stereocenters. The Morgan fingerprint density at radius 1 is 1.21 bits per heavy atom. The highest BCUT2D eigenvalue weighted by molar-refractivity contribution is 9.10. The highest BCUT2D eigenvalue weighted by Crippen LogP contribution is 2.27. The number of hydrogen-bond donors (Lipinski definition) is 1. The fourth-order valence-electron chi connectivity index (χ4n) is 3.43. The van der Waals surface area contributed by atoms with Crippen LogP contribution in [0.4, 0.5) is 0 Å². The number of benzene rings is 2. The van der Waals surface area contributed by atoms with Crippen LogP contribution in [0.15, 0.2) is 46.9 Å². The van der Waals surface area contributed by atoms with Crippen molar-refractivity contribution in [2.75, 3.05) is 19.6 Å². The van der Waals surface area contributed by atoms with Crippen molar-refractivity contribution in [1.82, 2.24) is 10.2 Å². The standard InChI is InChI=1S/C22H26BrClN2O2/c1-16(27)25-13-17-8-10-26(11-9-17)14-19-12-20(23)4-7-22(19)28-15-18-2-5-21(24)6-3-18/h2-7,12,17H,8-11,13-15H2,1H3,(H,25,27). The number of piperidine rings is 1. The molecule has 6 heteroatoms. The third kappa shape index (κ3) is 6.50. The van der Waals surface area contributed by atoms with Crippen molar-refractivity contribution in [3.63, 3.8) is 0 Å². The van der Waals surface area contributed by atoms with E-state index in [-0.39, 0.29) is 5.91 Å². The Hall–Kier alpha value is -1.56. The summed E-state index contributed by atoms with van der Waals surface area (Å²) in [5.41, 5.74) is 2.28. The molecule has 1 aliphatic heterocycles. The van der Waals surface area contributed by atoms with Gasteiger partial charge in [0.15, 0.2) is 0 Å². The van der Waals surface area contributed by atoms with E-state index in [0.29, 0.717) is 12.5 Å². The largest absolute Gasteiger partial charge is 0.489 e. The van der Waals surface area contributed by atoms with Gasteiger partial charge in [-0.15, -0.1) is 0 Å². The first-order valence-corrected chi connectivity index (χ1v) is 10.8. The molecule has 1 fully saturated rings. The van der Waals surface area contributed by atoms with Gasteiger partial charge in [0.2, 0.25) is 5.91 Å². The van der Waals surface area contributed by atoms with Gasteiger partial charge in [-0.05, 0) is 67.7 Å². The van der Waals surface area contributed by atoms with E-state index in [4.69, 9.17) is 16.3 Å². The van der Waals surface area contributed by atoms with Gasteiger partial charge in [-0.3, -0.25) is 9.69 Å². The van der Waals surface area contributed by atoms with E-state index in [9.17, 15) is 4.79 Å². The topological polar surface area (TPSA) is 41.6 Å². The van der Waals surface area contributed by atoms with E-state index in [1.165, 1.54) is 5.56 Å². The molecular weight excluding hydrogens is 440 g/mol.